The van der Waals surface area contributed by atoms with Crippen molar-refractivity contribution in [1.82, 2.24) is 15.3 Å². The van der Waals surface area contributed by atoms with Crippen LogP contribution >= 0.6 is 0 Å². The third-order valence-electron chi connectivity index (χ3n) is 5.72. The number of aliphatic imine (C=N–C) groups is 1. The van der Waals surface area contributed by atoms with Gasteiger partial charge in [-0.25, -0.2) is 14.4 Å². The van der Waals surface area contributed by atoms with Gasteiger partial charge in [0.2, 0.25) is 5.95 Å². The number of piperazine rings is 1. The molecule has 0 atom stereocenters. The first kappa shape index (κ1) is 18.9. The summed E-state index contributed by atoms with van der Waals surface area (Å²) < 4.78 is 14.8. The molecule has 1 aromatic heterocycles. The van der Waals surface area contributed by atoms with Crippen molar-refractivity contribution in [1.29, 1.82) is 0 Å². The van der Waals surface area contributed by atoms with Crippen molar-refractivity contribution < 1.29 is 4.39 Å². The predicted molar refractivity (Wildman–Crippen MR) is 119 cm³/mol. The molecule has 2 aliphatic heterocycles. The highest BCUT2D eigenvalue weighted by molar-refractivity contribution is 6.13. The number of nitrogens with one attached hydrogen (secondary N) is 2. The van der Waals surface area contributed by atoms with E-state index in [1.54, 1.807) is 0 Å². The molecule has 7 heteroatoms. The number of nitrogens with zero attached hydrogens (tertiary/aromatic N) is 4. The smallest absolute Gasteiger partial charge is 0.227 e. The van der Waals surface area contributed by atoms with Gasteiger partial charge < -0.3 is 15.5 Å². The third kappa shape index (κ3) is 3.39. The monoisotopic (exact) mass is 404 g/mol. The van der Waals surface area contributed by atoms with Gasteiger partial charge in [0.25, 0.3) is 0 Å². The minimum absolute atomic E-state index is 0.238. The summed E-state index contributed by atoms with van der Waals surface area (Å²) in [7, 11) is 0. The first-order chi connectivity index (χ1) is 14.6. The van der Waals surface area contributed by atoms with E-state index in [2.05, 4.69) is 40.4 Å². The number of fused-ring (bicyclic) bond motifs is 3. The number of hydrogen-bond donors (Lipinski definition) is 2. The highest BCUT2D eigenvalue weighted by Crippen LogP contribution is 2.30. The fourth-order valence-corrected chi connectivity index (χ4v) is 4.21. The lowest BCUT2D eigenvalue weighted by atomic mass is 9.96. The van der Waals surface area contributed by atoms with Crippen molar-refractivity contribution in [2.45, 2.75) is 20.4 Å². The fraction of sp³-hybridized carbons (Fsp3) is 0.348. The Morgan fingerprint density at radius 2 is 1.97 bits per heavy atom. The molecule has 5 rings (SSSR count). The molecule has 2 N–H and O–H groups in total. The van der Waals surface area contributed by atoms with E-state index < -0.39 is 0 Å². The molecule has 2 aliphatic rings. The summed E-state index contributed by atoms with van der Waals surface area (Å²) in [6, 6.07) is 9.37. The zero-order valence-electron chi connectivity index (χ0n) is 17.2. The van der Waals surface area contributed by atoms with Crippen molar-refractivity contribution >= 4 is 33.9 Å². The number of halogens is 1. The van der Waals surface area contributed by atoms with Crippen molar-refractivity contribution in [3.05, 3.63) is 53.5 Å². The number of anilines is 3. The van der Waals surface area contributed by atoms with Crippen LogP contribution in [0.25, 0.3) is 10.9 Å². The van der Waals surface area contributed by atoms with Gasteiger partial charge in [-0.1, -0.05) is 26.0 Å². The Balaban J connectivity index is 1.45. The molecule has 3 aromatic rings. The van der Waals surface area contributed by atoms with Gasteiger partial charge in [0.15, 0.2) is 0 Å². The van der Waals surface area contributed by atoms with Crippen LogP contribution < -0.4 is 15.5 Å². The van der Waals surface area contributed by atoms with Gasteiger partial charge in [-0.3, -0.25) is 4.99 Å². The number of benzene rings is 2. The molecule has 6 nitrogen and oxygen atoms in total. The summed E-state index contributed by atoms with van der Waals surface area (Å²) in [5.41, 5.74) is 5.57. The van der Waals surface area contributed by atoms with Crippen molar-refractivity contribution in [2.24, 2.45) is 10.9 Å². The highest BCUT2D eigenvalue weighted by atomic mass is 19.1. The van der Waals surface area contributed by atoms with E-state index in [-0.39, 0.29) is 5.82 Å². The molecule has 0 amide bonds. The molecule has 1 fully saturated rings. The highest BCUT2D eigenvalue weighted by Gasteiger charge is 2.22. The lowest BCUT2D eigenvalue weighted by Crippen LogP contribution is -2.43. The van der Waals surface area contributed by atoms with Crippen molar-refractivity contribution in [3.8, 4) is 0 Å². The Bertz CT molecular complexity index is 1130. The van der Waals surface area contributed by atoms with E-state index in [4.69, 9.17) is 9.98 Å². The van der Waals surface area contributed by atoms with Crippen LogP contribution in [-0.4, -0.2) is 41.9 Å². The maximum atomic E-state index is 14.8. The zero-order chi connectivity index (χ0) is 20.7. The van der Waals surface area contributed by atoms with Crippen LogP contribution in [0.4, 0.5) is 21.7 Å². The molecule has 30 heavy (non-hydrogen) atoms. The summed E-state index contributed by atoms with van der Waals surface area (Å²) in [6.45, 7) is 8.35. The van der Waals surface area contributed by atoms with Gasteiger partial charge >= 0.3 is 0 Å². The zero-order valence-corrected chi connectivity index (χ0v) is 17.2. The van der Waals surface area contributed by atoms with Crippen LogP contribution in [0.3, 0.4) is 0 Å². The second-order valence-electron chi connectivity index (χ2n) is 8.12. The average Bonchev–Trinajstić information content (AvgIpc) is 3.20. The average molecular weight is 404 g/mol. The molecule has 0 bridgehead atoms. The first-order valence-corrected chi connectivity index (χ1v) is 10.5. The maximum Gasteiger partial charge on any atom is 0.227 e. The number of hydrogen-bond acceptors (Lipinski definition) is 6. The summed E-state index contributed by atoms with van der Waals surface area (Å²) >= 11 is 0. The molecule has 2 aromatic carbocycles. The summed E-state index contributed by atoms with van der Waals surface area (Å²) in [4.78, 5) is 16.0. The minimum atomic E-state index is -0.238. The summed E-state index contributed by atoms with van der Waals surface area (Å²) in [5, 5.41) is 7.44. The van der Waals surface area contributed by atoms with Crippen LogP contribution in [-0.2, 0) is 6.54 Å². The van der Waals surface area contributed by atoms with E-state index in [0.29, 0.717) is 29.8 Å². The van der Waals surface area contributed by atoms with Gasteiger partial charge in [0, 0.05) is 54.7 Å². The molecule has 0 saturated carbocycles. The van der Waals surface area contributed by atoms with Crippen LogP contribution in [0.2, 0.25) is 0 Å². The van der Waals surface area contributed by atoms with Gasteiger partial charge in [0.05, 0.1) is 17.7 Å². The molecule has 0 radical (unpaired) electrons. The molecule has 0 aliphatic carbocycles. The SMILES string of the molecule is CC(C)C1=NCc2ccc3cnc(Nc4ccc(N5CCNCC5)c(F)c4)nc3c21. The maximum absolute atomic E-state index is 14.8. The lowest BCUT2D eigenvalue weighted by molar-refractivity contribution is 0.566. The second kappa shape index (κ2) is 7.65. The van der Waals surface area contributed by atoms with Gasteiger partial charge in [-0.05, 0) is 29.7 Å². The van der Waals surface area contributed by atoms with E-state index in [1.807, 2.05) is 24.4 Å². The standard InChI is InChI=1S/C23H25FN6/c1-14(2)21-20-15(12-26-21)3-4-16-13-27-23(29-22(16)20)28-17-5-6-19(18(24)11-17)30-9-7-25-8-10-30/h3-6,11,13-14,25H,7-10,12H2,1-2H3,(H,27,28,29). The molecule has 3 heterocycles. The molecule has 1 saturated heterocycles. The molecule has 0 unspecified atom stereocenters. The second-order valence-corrected chi connectivity index (χ2v) is 8.12. The Morgan fingerprint density at radius 1 is 1.13 bits per heavy atom. The molecule has 0 spiro atoms. The number of aromatic nitrogens is 2. The van der Waals surface area contributed by atoms with Crippen LogP contribution in [0.1, 0.15) is 25.0 Å². The molecular weight excluding hydrogens is 379 g/mol. The van der Waals surface area contributed by atoms with Gasteiger partial charge in [-0.2, -0.15) is 0 Å². The summed E-state index contributed by atoms with van der Waals surface area (Å²) in [5.74, 6) is 0.549. The minimum Gasteiger partial charge on any atom is -0.367 e. The Hall–Kier alpha value is -3.06. The number of rotatable bonds is 4. The van der Waals surface area contributed by atoms with Crippen molar-refractivity contribution in [3.63, 3.8) is 0 Å². The van der Waals surface area contributed by atoms with Crippen LogP contribution in [0.15, 0.2) is 41.5 Å². The normalized spacial score (nSPS) is 16.1. The fourth-order valence-electron chi connectivity index (χ4n) is 4.21. The summed E-state index contributed by atoms with van der Waals surface area (Å²) in [6.07, 6.45) is 1.81. The Labute approximate surface area is 175 Å². The van der Waals surface area contributed by atoms with Gasteiger partial charge in [-0.15, -0.1) is 0 Å². The van der Waals surface area contributed by atoms with E-state index in [9.17, 15) is 4.39 Å². The van der Waals surface area contributed by atoms with Gasteiger partial charge in [0.1, 0.15) is 5.82 Å². The van der Waals surface area contributed by atoms with E-state index in [1.165, 1.54) is 11.6 Å². The Kier molecular flexibility index (Phi) is 4.83. The van der Waals surface area contributed by atoms with Crippen LogP contribution in [0, 0.1) is 11.7 Å². The third-order valence-corrected chi connectivity index (χ3v) is 5.72. The van der Waals surface area contributed by atoms with E-state index in [0.717, 1.165) is 48.4 Å². The largest absolute Gasteiger partial charge is 0.367 e. The lowest BCUT2D eigenvalue weighted by Gasteiger charge is -2.29. The predicted octanol–water partition coefficient (Wildman–Crippen LogP) is 3.88. The topological polar surface area (TPSA) is 65.4 Å². The molecular formula is C23H25FN6. The molecule has 154 valence electrons. The Morgan fingerprint density at radius 3 is 2.73 bits per heavy atom. The first-order valence-electron chi connectivity index (χ1n) is 10.5. The quantitative estimate of drug-likeness (QED) is 0.691. The van der Waals surface area contributed by atoms with E-state index >= 15 is 0 Å². The van der Waals surface area contributed by atoms with Crippen molar-refractivity contribution in [2.75, 3.05) is 36.4 Å². The van der Waals surface area contributed by atoms with Crippen LogP contribution in [0.5, 0.6) is 0 Å².